The highest BCUT2D eigenvalue weighted by molar-refractivity contribution is 5.85. The normalized spacial score (nSPS) is 20.9. The summed E-state index contributed by atoms with van der Waals surface area (Å²) < 4.78 is 0. The van der Waals surface area contributed by atoms with E-state index in [1.165, 1.54) is 27.8 Å². The first-order valence-corrected chi connectivity index (χ1v) is 11.3. The van der Waals surface area contributed by atoms with E-state index in [1.54, 1.807) is 6.21 Å². The molecule has 2 atom stereocenters. The van der Waals surface area contributed by atoms with Crippen molar-refractivity contribution < 1.29 is 5.21 Å². The maximum absolute atomic E-state index is 9.70. The molecule has 2 unspecified atom stereocenters. The van der Waals surface area contributed by atoms with Gasteiger partial charge in [-0.15, -0.1) is 5.16 Å². The molecule has 0 aliphatic heterocycles. The van der Waals surface area contributed by atoms with Crippen molar-refractivity contribution in [2.45, 2.75) is 12.3 Å². The van der Waals surface area contributed by atoms with Gasteiger partial charge in [0, 0.05) is 16.7 Å². The molecule has 1 saturated carbocycles. The minimum atomic E-state index is -0.390. The molecule has 0 bridgehead atoms. The van der Waals surface area contributed by atoms with E-state index in [2.05, 4.69) is 115 Å². The number of rotatable bonds is 6. The van der Waals surface area contributed by atoms with Crippen LogP contribution in [0, 0.1) is 11.3 Å². The van der Waals surface area contributed by atoms with Crippen molar-refractivity contribution in [1.29, 1.82) is 0 Å². The fraction of sp³-hybridized carbons (Fsp3) is 0.129. The number of benzene rings is 4. The number of oxime groups is 1. The fourth-order valence-electron chi connectivity index (χ4n) is 5.59. The third kappa shape index (κ3) is 3.39. The van der Waals surface area contributed by atoms with Gasteiger partial charge in [-0.05, 0) is 27.8 Å². The van der Waals surface area contributed by atoms with Crippen molar-refractivity contribution in [3.8, 4) is 0 Å². The van der Waals surface area contributed by atoms with Gasteiger partial charge in [-0.2, -0.15) is 0 Å². The van der Waals surface area contributed by atoms with E-state index in [0.717, 1.165) is 0 Å². The van der Waals surface area contributed by atoms with Crippen LogP contribution in [0.25, 0.3) is 5.57 Å². The van der Waals surface area contributed by atoms with E-state index in [9.17, 15) is 5.21 Å². The summed E-state index contributed by atoms with van der Waals surface area (Å²) in [5.74, 6) is 0.0983. The van der Waals surface area contributed by atoms with Crippen molar-refractivity contribution in [3.05, 3.63) is 150 Å². The van der Waals surface area contributed by atoms with Crippen molar-refractivity contribution in [1.82, 2.24) is 0 Å². The van der Waals surface area contributed by atoms with Gasteiger partial charge in [0.15, 0.2) is 0 Å². The van der Waals surface area contributed by atoms with Gasteiger partial charge in [-0.1, -0.05) is 134 Å². The second-order valence-corrected chi connectivity index (χ2v) is 8.86. The summed E-state index contributed by atoms with van der Waals surface area (Å²) in [5.41, 5.74) is 5.26. The molecule has 0 heterocycles. The fourth-order valence-corrected chi connectivity index (χ4v) is 5.59. The predicted molar refractivity (Wildman–Crippen MR) is 136 cm³/mol. The zero-order valence-corrected chi connectivity index (χ0v) is 18.7. The summed E-state index contributed by atoms with van der Waals surface area (Å²) in [7, 11) is 0. The number of allylic oxidation sites excluding steroid dienone is 1. The number of hydrogen-bond donors (Lipinski definition) is 1. The molecule has 5 rings (SSSR count). The predicted octanol–water partition coefficient (Wildman–Crippen LogP) is 7.20. The van der Waals surface area contributed by atoms with Crippen LogP contribution in [-0.2, 0) is 5.41 Å². The van der Waals surface area contributed by atoms with Gasteiger partial charge in [-0.25, -0.2) is 0 Å². The molecule has 1 N–H and O–H groups in total. The van der Waals surface area contributed by atoms with E-state index in [-0.39, 0.29) is 16.7 Å². The number of hydrogen-bond acceptors (Lipinski definition) is 2. The summed E-state index contributed by atoms with van der Waals surface area (Å²) in [5, 5.41) is 13.3. The Hall–Kier alpha value is -3.91. The molecule has 0 amide bonds. The Morgan fingerprint density at radius 2 is 1.06 bits per heavy atom. The second-order valence-electron chi connectivity index (χ2n) is 8.86. The van der Waals surface area contributed by atoms with Gasteiger partial charge in [-0.3, -0.25) is 0 Å². The van der Waals surface area contributed by atoms with Crippen molar-refractivity contribution in [2.24, 2.45) is 16.5 Å². The Labute approximate surface area is 195 Å². The Balaban J connectivity index is 1.77. The van der Waals surface area contributed by atoms with Crippen molar-refractivity contribution in [2.75, 3.05) is 0 Å². The first-order valence-electron chi connectivity index (χ1n) is 11.3. The van der Waals surface area contributed by atoms with Gasteiger partial charge in [0.2, 0.25) is 0 Å². The van der Waals surface area contributed by atoms with Crippen LogP contribution in [0.15, 0.2) is 133 Å². The lowest BCUT2D eigenvalue weighted by Gasteiger charge is -2.22. The van der Waals surface area contributed by atoms with Crippen LogP contribution >= 0.6 is 0 Å². The van der Waals surface area contributed by atoms with Crippen molar-refractivity contribution in [3.63, 3.8) is 0 Å². The van der Waals surface area contributed by atoms with Crippen LogP contribution in [0.3, 0.4) is 0 Å². The summed E-state index contributed by atoms with van der Waals surface area (Å²) >= 11 is 0. The van der Waals surface area contributed by atoms with Crippen LogP contribution in [0.1, 0.15) is 29.2 Å². The van der Waals surface area contributed by atoms with E-state index < -0.39 is 0 Å². The zero-order valence-electron chi connectivity index (χ0n) is 18.7. The highest BCUT2D eigenvalue weighted by Gasteiger charge is 2.73. The summed E-state index contributed by atoms with van der Waals surface area (Å²) in [6.07, 6.45) is 4.11. The standard InChI is InChI=1S/C31H27NO/c1-30(23-32-33)29(22-28(24-14-6-2-7-15-24)25-16-8-3-9-17-25)31(30,26-18-10-4-11-19-26)27-20-12-5-13-21-27/h2-23,29,33H,1H3/b32-23+. The minimum Gasteiger partial charge on any atom is -0.411 e. The van der Waals surface area contributed by atoms with E-state index >= 15 is 0 Å². The third-order valence-corrected chi connectivity index (χ3v) is 7.17. The third-order valence-electron chi connectivity index (χ3n) is 7.17. The lowest BCUT2D eigenvalue weighted by molar-refractivity contribution is 0.317. The van der Waals surface area contributed by atoms with Gasteiger partial charge < -0.3 is 5.21 Å². The van der Waals surface area contributed by atoms with Gasteiger partial charge in [0.25, 0.3) is 0 Å². The smallest absolute Gasteiger partial charge is 0.0513 e. The first-order chi connectivity index (χ1) is 16.2. The maximum atomic E-state index is 9.70. The highest BCUT2D eigenvalue weighted by atomic mass is 16.4. The summed E-state index contributed by atoms with van der Waals surface area (Å²) in [6.45, 7) is 2.20. The zero-order chi connectivity index (χ0) is 22.7. The Bertz CT molecular complexity index is 1180. The molecule has 1 fully saturated rings. The van der Waals surface area contributed by atoms with Gasteiger partial charge in [0.05, 0.1) is 6.21 Å². The molecule has 1 aliphatic rings. The SMILES string of the molecule is CC1(/C=N/O)C(C=C(c2ccccc2)c2ccccc2)C1(c1ccccc1)c1ccccc1. The molecule has 0 saturated heterocycles. The average Bonchev–Trinajstić information content (AvgIpc) is 3.42. The molecule has 0 spiro atoms. The van der Waals surface area contributed by atoms with Crippen LogP contribution in [0.4, 0.5) is 0 Å². The Morgan fingerprint density at radius 3 is 1.45 bits per heavy atom. The Morgan fingerprint density at radius 1 is 0.667 bits per heavy atom. The molecule has 0 radical (unpaired) electrons. The lowest BCUT2D eigenvalue weighted by Crippen LogP contribution is -2.19. The van der Waals surface area contributed by atoms with E-state index in [4.69, 9.17) is 0 Å². The van der Waals surface area contributed by atoms with E-state index in [1.807, 2.05) is 24.3 Å². The Kier molecular flexibility index (Phi) is 5.43. The van der Waals surface area contributed by atoms with Crippen molar-refractivity contribution >= 4 is 11.8 Å². The number of nitrogens with zero attached hydrogens (tertiary/aromatic N) is 1. The molecule has 4 aromatic rings. The quantitative estimate of drug-likeness (QED) is 0.196. The molecule has 0 aromatic heterocycles. The molecule has 2 nitrogen and oxygen atoms in total. The van der Waals surface area contributed by atoms with E-state index in [0.29, 0.717) is 0 Å². The average molecular weight is 430 g/mol. The van der Waals surface area contributed by atoms with Crippen LogP contribution in [0.5, 0.6) is 0 Å². The summed E-state index contributed by atoms with van der Waals surface area (Å²) in [6, 6.07) is 42.2. The maximum Gasteiger partial charge on any atom is 0.0513 e. The molecule has 162 valence electrons. The summed E-state index contributed by atoms with van der Waals surface area (Å²) in [4.78, 5) is 0. The second kappa shape index (κ2) is 8.55. The lowest BCUT2D eigenvalue weighted by atomic mass is 9.80. The van der Waals surface area contributed by atoms with Gasteiger partial charge >= 0.3 is 0 Å². The first kappa shape index (κ1) is 21.0. The molecule has 4 aromatic carbocycles. The molecular weight excluding hydrogens is 402 g/mol. The van der Waals surface area contributed by atoms with Crippen LogP contribution < -0.4 is 0 Å². The molecular formula is C31H27NO. The van der Waals surface area contributed by atoms with Gasteiger partial charge in [0.1, 0.15) is 0 Å². The van der Waals surface area contributed by atoms with Crippen LogP contribution in [0.2, 0.25) is 0 Å². The largest absolute Gasteiger partial charge is 0.411 e. The molecule has 2 heteroatoms. The highest BCUT2D eigenvalue weighted by Crippen LogP contribution is 2.73. The van der Waals surface area contributed by atoms with Crippen LogP contribution in [-0.4, -0.2) is 11.4 Å². The molecule has 33 heavy (non-hydrogen) atoms. The topological polar surface area (TPSA) is 32.6 Å². The molecule has 1 aliphatic carbocycles. The minimum absolute atomic E-state index is 0.0983. The monoisotopic (exact) mass is 429 g/mol.